The van der Waals surface area contributed by atoms with Crippen LogP contribution in [0, 0.1) is 5.92 Å². The average Bonchev–Trinajstić information content (AvgIpc) is 2.81. The Morgan fingerprint density at radius 3 is 2.86 bits per heavy atom. The van der Waals surface area contributed by atoms with Gasteiger partial charge in [-0.3, -0.25) is 9.88 Å². The first-order valence-electron chi connectivity index (χ1n) is 9.12. The van der Waals surface area contributed by atoms with Crippen molar-refractivity contribution in [1.29, 1.82) is 0 Å². The molecule has 2 fully saturated rings. The van der Waals surface area contributed by atoms with Gasteiger partial charge in [0.15, 0.2) is 0 Å². The van der Waals surface area contributed by atoms with Gasteiger partial charge in [0, 0.05) is 31.6 Å². The first-order chi connectivity index (χ1) is 10.9. The van der Waals surface area contributed by atoms with Crippen molar-refractivity contribution in [3.05, 3.63) is 30.1 Å². The highest BCUT2D eigenvalue weighted by atomic mass is 16.5. The molecule has 0 radical (unpaired) electrons. The molecule has 0 bridgehead atoms. The number of hydrogen-bond acceptors (Lipinski definition) is 3. The number of hydrogen-bond donors (Lipinski definition) is 0. The molecule has 2 saturated heterocycles. The van der Waals surface area contributed by atoms with Crippen LogP contribution in [-0.4, -0.2) is 35.7 Å². The van der Waals surface area contributed by atoms with Crippen molar-refractivity contribution < 1.29 is 4.74 Å². The molecule has 0 amide bonds. The van der Waals surface area contributed by atoms with Gasteiger partial charge in [0.05, 0.1) is 6.10 Å². The van der Waals surface area contributed by atoms with Gasteiger partial charge in [-0.25, -0.2) is 0 Å². The highest BCUT2D eigenvalue weighted by Gasteiger charge is 2.28. The Bertz CT molecular complexity index is 436. The monoisotopic (exact) mass is 302 g/mol. The molecule has 3 atom stereocenters. The Morgan fingerprint density at radius 2 is 2.05 bits per heavy atom. The molecule has 2 aliphatic heterocycles. The minimum absolute atomic E-state index is 0.491. The Labute approximate surface area is 135 Å². The van der Waals surface area contributed by atoms with Crippen LogP contribution in [0.3, 0.4) is 0 Å². The lowest BCUT2D eigenvalue weighted by Crippen LogP contribution is -2.37. The van der Waals surface area contributed by atoms with Crippen LogP contribution >= 0.6 is 0 Å². The molecule has 3 heteroatoms. The van der Waals surface area contributed by atoms with Crippen LogP contribution in [-0.2, 0) is 4.74 Å². The summed E-state index contributed by atoms with van der Waals surface area (Å²) in [5.41, 5.74) is 1.45. The highest BCUT2D eigenvalue weighted by molar-refractivity contribution is 5.15. The number of aromatic nitrogens is 1. The predicted octanol–water partition coefficient (Wildman–Crippen LogP) is 4.20. The average molecular weight is 302 g/mol. The Balaban J connectivity index is 1.68. The maximum absolute atomic E-state index is 5.86. The summed E-state index contributed by atoms with van der Waals surface area (Å²) in [5, 5.41) is 0. The summed E-state index contributed by atoms with van der Waals surface area (Å²) >= 11 is 0. The predicted molar refractivity (Wildman–Crippen MR) is 89.8 cm³/mol. The lowest BCUT2D eigenvalue weighted by atomic mass is 9.92. The van der Waals surface area contributed by atoms with Crippen molar-refractivity contribution in [1.82, 2.24) is 9.88 Å². The van der Waals surface area contributed by atoms with Crippen molar-refractivity contribution >= 4 is 0 Å². The summed E-state index contributed by atoms with van der Waals surface area (Å²) in [6.07, 6.45) is 13.4. The standard InChI is InChI=1S/C19H30N2O/c1-2-18-14-16(9-13-22-18)15-21-12-5-3-4-6-19(21)17-7-10-20-11-8-17/h7-8,10-11,16,18-19H,2-6,9,12-15H2,1H3/t16-,18+,19-/m0/s1. The molecule has 22 heavy (non-hydrogen) atoms. The molecule has 1 aromatic rings. The largest absolute Gasteiger partial charge is 0.378 e. The molecule has 0 aromatic carbocycles. The summed E-state index contributed by atoms with van der Waals surface area (Å²) < 4.78 is 5.86. The van der Waals surface area contributed by atoms with E-state index in [0.29, 0.717) is 12.1 Å². The van der Waals surface area contributed by atoms with Crippen LogP contribution in [0.25, 0.3) is 0 Å². The van der Waals surface area contributed by atoms with Crippen LogP contribution in [0.2, 0.25) is 0 Å². The van der Waals surface area contributed by atoms with E-state index in [4.69, 9.17) is 4.74 Å². The van der Waals surface area contributed by atoms with E-state index < -0.39 is 0 Å². The molecule has 0 spiro atoms. The molecule has 1 aromatic heterocycles. The molecule has 0 aliphatic carbocycles. The summed E-state index contributed by atoms with van der Waals surface area (Å²) in [7, 11) is 0. The van der Waals surface area contributed by atoms with Crippen molar-refractivity contribution in [3.63, 3.8) is 0 Å². The molecule has 122 valence electrons. The quantitative estimate of drug-likeness (QED) is 0.833. The molecular formula is C19H30N2O. The number of ether oxygens (including phenoxy) is 1. The molecule has 0 unspecified atom stereocenters. The second-order valence-corrected chi connectivity index (χ2v) is 6.93. The lowest BCUT2D eigenvalue weighted by molar-refractivity contribution is -0.0207. The lowest BCUT2D eigenvalue weighted by Gasteiger charge is -2.36. The normalized spacial score (nSPS) is 30.9. The first kappa shape index (κ1) is 15.9. The highest BCUT2D eigenvalue weighted by Crippen LogP contribution is 2.32. The topological polar surface area (TPSA) is 25.4 Å². The van der Waals surface area contributed by atoms with E-state index in [2.05, 4.69) is 28.9 Å². The van der Waals surface area contributed by atoms with Gasteiger partial charge in [-0.2, -0.15) is 0 Å². The van der Waals surface area contributed by atoms with Crippen molar-refractivity contribution in [2.24, 2.45) is 5.92 Å². The van der Waals surface area contributed by atoms with Crippen LogP contribution < -0.4 is 0 Å². The fourth-order valence-corrected chi connectivity index (χ4v) is 4.09. The second-order valence-electron chi connectivity index (χ2n) is 6.93. The van der Waals surface area contributed by atoms with Crippen molar-refractivity contribution in [3.8, 4) is 0 Å². The van der Waals surface area contributed by atoms with Gasteiger partial charge in [0.25, 0.3) is 0 Å². The van der Waals surface area contributed by atoms with E-state index in [1.807, 2.05) is 12.4 Å². The van der Waals surface area contributed by atoms with E-state index >= 15 is 0 Å². The zero-order valence-electron chi connectivity index (χ0n) is 13.9. The van der Waals surface area contributed by atoms with Crippen LogP contribution in [0.15, 0.2) is 24.5 Å². The summed E-state index contributed by atoms with van der Waals surface area (Å²) in [6, 6.07) is 5.01. The smallest absolute Gasteiger partial charge is 0.0575 e. The van der Waals surface area contributed by atoms with Crippen molar-refractivity contribution in [2.45, 2.75) is 64.0 Å². The number of likely N-dealkylation sites (tertiary alicyclic amines) is 1. The van der Waals surface area contributed by atoms with Gasteiger partial charge >= 0.3 is 0 Å². The van der Waals surface area contributed by atoms with Gasteiger partial charge in [-0.1, -0.05) is 19.8 Å². The number of pyridine rings is 1. The van der Waals surface area contributed by atoms with Crippen molar-refractivity contribution in [2.75, 3.05) is 19.7 Å². The fourth-order valence-electron chi connectivity index (χ4n) is 4.09. The van der Waals surface area contributed by atoms with E-state index in [0.717, 1.165) is 18.9 Å². The minimum Gasteiger partial charge on any atom is -0.378 e. The minimum atomic E-state index is 0.491. The molecular weight excluding hydrogens is 272 g/mol. The van der Waals surface area contributed by atoms with Gasteiger partial charge in [-0.05, 0) is 62.3 Å². The third kappa shape index (κ3) is 4.08. The van der Waals surface area contributed by atoms with Crippen LogP contribution in [0.4, 0.5) is 0 Å². The molecule has 3 rings (SSSR count). The van der Waals surface area contributed by atoms with Gasteiger partial charge in [0.1, 0.15) is 0 Å². The summed E-state index contributed by atoms with van der Waals surface area (Å²) in [5.74, 6) is 0.807. The van der Waals surface area contributed by atoms with Crippen LogP contribution in [0.1, 0.15) is 63.5 Å². The zero-order chi connectivity index (χ0) is 15.2. The fraction of sp³-hybridized carbons (Fsp3) is 0.737. The molecule has 0 saturated carbocycles. The Morgan fingerprint density at radius 1 is 1.18 bits per heavy atom. The number of nitrogens with zero attached hydrogens (tertiary/aromatic N) is 2. The van der Waals surface area contributed by atoms with E-state index in [-0.39, 0.29) is 0 Å². The first-order valence-corrected chi connectivity index (χ1v) is 9.12. The zero-order valence-corrected chi connectivity index (χ0v) is 13.9. The van der Waals surface area contributed by atoms with Gasteiger partial charge in [0.2, 0.25) is 0 Å². The Hall–Kier alpha value is -0.930. The van der Waals surface area contributed by atoms with E-state index in [1.54, 1.807) is 0 Å². The molecule has 2 aliphatic rings. The third-order valence-electron chi connectivity index (χ3n) is 5.38. The summed E-state index contributed by atoms with van der Waals surface area (Å²) in [6.45, 7) is 5.70. The Kier molecular flexibility index (Phi) is 5.85. The van der Waals surface area contributed by atoms with Gasteiger partial charge in [-0.15, -0.1) is 0 Å². The maximum atomic E-state index is 5.86. The third-order valence-corrected chi connectivity index (χ3v) is 5.38. The molecule has 3 heterocycles. The van der Waals surface area contributed by atoms with Crippen LogP contribution in [0.5, 0.6) is 0 Å². The number of rotatable bonds is 4. The molecule has 0 N–H and O–H groups in total. The van der Waals surface area contributed by atoms with Gasteiger partial charge < -0.3 is 4.74 Å². The molecule has 3 nitrogen and oxygen atoms in total. The second kappa shape index (κ2) is 8.07. The SMILES string of the molecule is CC[C@@H]1C[C@@H](CN2CCCCC[C@H]2c2ccncc2)CCO1. The summed E-state index contributed by atoms with van der Waals surface area (Å²) in [4.78, 5) is 6.95. The van der Waals surface area contributed by atoms with E-state index in [9.17, 15) is 0 Å². The maximum Gasteiger partial charge on any atom is 0.0575 e. The van der Waals surface area contributed by atoms with E-state index in [1.165, 1.54) is 57.2 Å².